The summed E-state index contributed by atoms with van der Waals surface area (Å²) < 4.78 is 21.5. The van der Waals surface area contributed by atoms with E-state index in [2.05, 4.69) is 0 Å². The minimum atomic E-state index is -0.820. The van der Waals surface area contributed by atoms with Crippen molar-refractivity contribution in [3.05, 3.63) is 52.6 Å². The van der Waals surface area contributed by atoms with E-state index in [0.29, 0.717) is 17.9 Å². The van der Waals surface area contributed by atoms with Gasteiger partial charge in [0.15, 0.2) is 0 Å². The Morgan fingerprint density at radius 3 is 2.19 bits per heavy atom. The first-order valence-electron chi connectivity index (χ1n) is 8.90. The van der Waals surface area contributed by atoms with Crippen LogP contribution in [0.2, 0.25) is 0 Å². The number of rotatable bonds is 7. The number of hydrogen-bond acceptors (Lipinski definition) is 7. The Morgan fingerprint density at radius 2 is 1.59 bits per heavy atom. The normalized spacial score (nSPS) is 16.7. The molecule has 146 valence electrons. The summed E-state index contributed by atoms with van der Waals surface area (Å²) >= 11 is 0. The summed E-state index contributed by atoms with van der Waals surface area (Å²) in [5, 5.41) is 0. The molecule has 0 aromatic heterocycles. The van der Waals surface area contributed by atoms with E-state index in [-0.39, 0.29) is 36.0 Å². The molecule has 7 nitrogen and oxygen atoms in total. The molecular weight excluding hydrogens is 350 g/mol. The SMILES string of the molecule is CCOC(=O)C1=C(C)OC(N)=C(C(=O)OCC)C1c1ccccc1OCC. The van der Waals surface area contributed by atoms with Gasteiger partial charge in [0.25, 0.3) is 0 Å². The molecule has 0 fully saturated rings. The van der Waals surface area contributed by atoms with E-state index in [1.165, 1.54) is 0 Å². The fourth-order valence-electron chi connectivity index (χ4n) is 2.98. The van der Waals surface area contributed by atoms with Crippen molar-refractivity contribution in [3.8, 4) is 5.75 Å². The molecule has 0 spiro atoms. The maximum atomic E-state index is 12.7. The molecule has 1 aromatic rings. The molecule has 1 aliphatic heterocycles. The highest BCUT2D eigenvalue weighted by Crippen LogP contribution is 2.43. The first-order valence-corrected chi connectivity index (χ1v) is 8.90. The molecule has 1 aliphatic rings. The minimum absolute atomic E-state index is 0.0534. The van der Waals surface area contributed by atoms with Crippen molar-refractivity contribution in [1.29, 1.82) is 0 Å². The third kappa shape index (κ3) is 4.24. The summed E-state index contributed by atoms with van der Waals surface area (Å²) in [6.07, 6.45) is 0. The predicted octanol–water partition coefficient (Wildman–Crippen LogP) is 2.77. The van der Waals surface area contributed by atoms with Crippen LogP contribution in [0.25, 0.3) is 0 Å². The Hall–Kier alpha value is -2.96. The summed E-state index contributed by atoms with van der Waals surface area (Å²) in [7, 11) is 0. The number of ether oxygens (including phenoxy) is 4. The minimum Gasteiger partial charge on any atom is -0.494 e. The summed E-state index contributed by atoms with van der Waals surface area (Å²) in [5.74, 6) is -1.34. The van der Waals surface area contributed by atoms with Gasteiger partial charge in [-0.15, -0.1) is 0 Å². The molecule has 7 heteroatoms. The van der Waals surface area contributed by atoms with Crippen LogP contribution in [0, 0.1) is 0 Å². The fraction of sp³-hybridized carbons (Fsp3) is 0.400. The van der Waals surface area contributed by atoms with Gasteiger partial charge in [-0.2, -0.15) is 0 Å². The lowest BCUT2D eigenvalue weighted by molar-refractivity contribution is -0.140. The number of esters is 2. The van der Waals surface area contributed by atoms with E-state index < -0.39 is 17.9 Å². The van der Waals surface area contributed by atoms with Gasteiger partial charge < -0.3 is 24.7 Å². The van der Waals surface area contributed by atoms with Crippen molar-refractivity contribution in [2.75, 3.05) is 19.8 Å². The lowest BCUT2D eigenvalue weighted by Crippen LogP contribution is -2.30. The number of hydrogen-bond donors (Lipinski definition) is 1. The van der Waals surface area contributed by atoms with Crippen LogP contribution in [-0.2, 0) is 23.8 Å². The zero-order valence-corrected chi connectivity index (χ0v) is 16.0. The van der Waals surface area contributed by atoms with Crippen molar-refractivity contribution in [3.63, 3.8) is 0 Å². The first kappa shape index (κ1) is 20.4. The summed E-state index contributed by atoms with van der Waals surface area (Å²) in [6, 6.07) is 7.15. The lowest BCUT2D eigenvalue weighted by Gasteiger charge is -2.29. The summed E-state index contributed by atoms with van der Waals surface area (Å²) in [5.41, 5.74) is 6.87. The highest BCUT2D eigenvalue weighted by molar-refractivity contribution is 5.99. The average Bonchev–Trinajstić information content (AvgIpc) is 2.62. The van der Waals surface area contributed by atoms with Crippen LogP contribution < -0.4 is 10.5 Å². The van der Waals surface area contributed by atoms with E-state index in [4.69, 9.17) is 24.7 Å². The molecule has 0 saturated heterocycles. The maximum Gasteiger partial charge on any atom is 0.340 e. The second-order valence-corrected chi connectivity index (χ2v) is 5.69. The van der Waals surface area contributed by atoms with Gasteiger partial charge in [-0.1, -0.05) is 18.2 Å². The van der Waals surface area contributed by atoms with Crippen LogP contribution in [0.5, 0.6) is 5.75 Å². The third-order valence-electron chi connectivity index (χ3n) is 4.01. The van der Waals surface area contributed by atoms with E-state index in [1.54, 1.807) is 39.0 Å². The second-order valence-electron chi connectivity index (χ2n) is 5.69. The van der Waals surface area contributed by atoms with Crippen LogP contribution >= 0.6 is 0 Å². The third-order valence-corrected chi connectivity index (χ3v) is 4.01. The van der Waals surface area contributed by atoms with Crippen LogP contribution in [-0.4, -0.2) is 31.8 Å². The Balaban J connectivity index is 2.69. The highest BCUT2D eigenvalue weighted by Gasteiger charge is 2.41. The van der Waals surface area contributed by atoms with Crippen molar-refractivity contribution in [2.45, 2.75) is 33.6 Å². The van der Waals surface area contributed by atoms with Gasteiger partial charge >= 0.3 is 11.9 Å². The fourth-order valence-corrected chi connectivity index (χ4v) is 2.98. The Kier molecular flexibility index (Phi) is 6.87. The zero-order chi connectivity index (χ0) is 20.0. The topological polar surface area (TPSA) is 97.1 Å². The van der Waals surface area contributed by atoms with Crippen molar-refractivity contribution >= 4 is 11.9 Å². The summed E-state index contributed by atoms with van der Waals surface area (Å²) in [4.78, 5) is 25.3. The number of benzene rings is 1. The van der Waals surface area contributed by atoms with Gasteiger partial charge in [-0.05, 0) is 33.8 Å². The van der Waals surface area contributed by atoms with Crippen LogP contribution in [0.4, 0.5) is 0 Å². The van der Waals surface area contributed by atoms with E-state index >= 15 is 0 Å². The van der Waals surface area contributed by atoms with Crippen LogP contribution in [0.15, 0.2) is 47.1 Å². The molecule has 2 N–H and O–H groups in total. The maximum absolute atomic E-state index is 12.7. The predicted molar refractivity (Wildman–Crippen MR) is 98.6 cm³/mol. The van der Waals surface area contributed by atoms with Gasteiger partial charge in [0.05, 0.1) is 31.3 Å². The quantitative estimate of drug-likeness (QED) is 0.732. The Bertz CT molecular complexity index is 740. The van der Waals surface area contributed by atoms with E-state index in [9.17, 15) is 9.59 Å². The molecule has 0 bridgehead atoms. The molecule has 1 atom stereocenters. The zero-order valence-electron chi connectivity index (χ0n) is 16.0. The van der Waals surface area contributed by atoms with Gasteiger partial charge in [0, 0.05) is 5.56 Å². The Morgan fingerprint density at radius 1 is 1.00 bits per heavy atom. The molecule has 1 heterocycles. The molecule has 0 amide bonds. The number of para-hydroxylation sites is 1. The average molecular weight is 375 g/mol. The Labute approximate surface area is 158 Å². The molecular formula is C20H25NO6. The van der Waals surface area contributed by atoms with Crippen LogP contribution in [0.1, 0.15) is 39.2 Å². The first-order chi connectivity index (χ1) is 13.0. The number of nitrogens with two attached hydrogens (primary N) is 1. The molecule has 0 saturated carbocycles. The second kappa shape index (κ2) is 9.12. The summed E-state index contributed by atoms with van der Waals surface area (Å²) in [6.45, 7) is 7.62. The molecule has 0 radical (unpaired) electrons. The monoisotopic (exact) mass is 375 g/mol. The van der Waals surface area contributed by atoms with Crippen molar-refractivity contribution in [1.82, 2.24) is 0 Å². The van der Waals surface area contributed by atoms with Gasteiger partial charge in [0.2, 0.25) is 5.88 Å². The highest BCUT2D eigenvalue weighted by atomic mass is 16.5. The lowest BCUT2D eigenvalue weighted by atomic mass is 9.82. The van der Waals surface area contributed by atoms with E-state index in [0.717, 1.165) is 0 Å². The molecule has 1 aromatic carbocycles. The number of allylic oxidation sites excluding steroid dienone is 1. The largest absolute Gasteiger partial charge is 0.494 e. The van der Waals surface area contributed by atoms with E-state index in [1.807, 2.05) is 13.0 Å². The molecule has 1 unspecified atom stereocenters. The van der Waals surface area contributed by atoms with Gasteiger partial charge in [-0.25, -0.2) is 9.59 Å². The van der Waals surface area contributed by atoms with Crippen molar-refractivity contribution in [2.24, 2.45) is 5.73 Å². The molecule has 0 aliphatic carbocycles. The standard InChI is InChI=1S/C20H25NO6/c1-5-24-14-11-9-8-10-13(14)16-15(19(22)25-6-2)12(4)27-18(21)17(16)20(23)26-7-3/h8-11,16H,5-7,21H2,1-4H3. The number of carbonyl (C=O) groups excluding carboxylic acids is 2. The van der Waals surface area contributed by atoms with Crippen molar-refractivity contribution < 1.29 is 28.5 Å². The van der Waals surface area contributed by atoms with Crippen LogP contribution in [0.3, 0.4) is 0 Å². The molecule has 2 rings (SSSR count). The van der Waals surface area contributed by atoms with Gasteiger partial charge in [-0.3, -0.25) is 0 Å². The number of carbonyl (C=O) groups is 2. The smallest absolute Gasteiger partial charge is 0.340 e. The van der Waals surface area contributed by atoms with Gasteiger partial charge in [0.1, 0.15) is 17.1 Å². The molecule has 27 heavy (non-hydrogen) atoms.